The summed E-state index contributed by atoms with van der Waals surface area (Å²) in [6.07, 6.45) is 0.391. The summed E-state index contributed by atoms with van der Waals surface area (Å²) in [4.78, 5) is 10.8. The van der Waals surface area contributed by atoms with Crippen molar-refractivity contribution < 1.29 is 7.81 Å². The molecule has 0 radical (unpaired) electrons. The van der Waals surface area contributed by atoms with Crippen LogP contribution in [0.15, 0.2) is 30.3 Å². The van der Waals surface area contributed by atoms with Crippen molar-refractivity contribution in [1.82, 2.24) is 0 Å². The maximum atomic E-state index is 10.8. The second-order valence-electron chi connectivity index (χ2n) is 2.15. The van der Waals surface area contributed by atoms with Crippen molar-refractivity contribution in [2.45, 2.75) is 6.42 Å². The first-order valence-electron chi connectivity index (χ1n) is 3.26. The summed E-state index contributed by atoms with van der Waals surface area (Å²) < 4.78 is 4.65. The van der Waals surface area contributed by atoms with Crippen molar-refractivity contribution >= 4 is 29.4 Å². The first-order valence-corrected chi connectivity index (χ1v) is 4.61. The summed E-state index contributed by atoms with van der Waals surface area (Å²) in [5.41, 5.74) is 1.01. The van der Waals surface area contributed by atoms with Gasteiger partial charge in [0.25, 0.3) is 0 Å². The number of benzene rings is 1. The third-order valence-corrected chi connectivity index (χ3v) is 2.07. The van der Waals surface area contributed by atoms with E-state index in [1.165, 1.54) is 0 Å². The monoisotopic (exact) mass is 258 g/mol. The summed E-state index contributed by atoms with van der Waals surface area (Å²) in [5.74, 6) is -0.140. The molecule has 0 atom stereocenters. The van der Waals surface area contributed by atoms with Gasteiger partial charge in [-0.05, 0) is 0 Å². The van der Waals surface area contributed by atoms with E-state index in [4.69, 9.17) is 0 Å². The van der Waals surface area contributed by atoms with E-state index in [9.17, 15) is 4.79 Å². The molecule has 0 heterocycles. The molecule has 0 saturated carbocycles. The normalized spacial score (nSPS) is 9.18. The molecule has 0 fully saturated rings. The van der Waals surface area contributed by atoms with Gasteiger partial charge in [-0.25, -0.2) is 0 Å². The van der Waals surface area contributed by atoms with Crippen LogP contribution in [0, 0.1) is 0 Å². The predicted octanol–water partition coefficient (Wildman–Crippen LogP) is 0.320. The molecule has 2 nitrogen and oxygen atoms in total. The van der Waals surface area contributed by atoms with Crippen molar-refractivity contribution in [1.29, 1.82) is 0 Å². The van der Waals surface area contributed by atoms with Crippen molar-refractivity contribution in [3.8, 4) is 0 Å². The molecule has 0 aromatic heterocycles. The molecule has 0 aliphatic heterocycles. The average molecular weight is 259 g/mol. The molecule has 11 heavy (non-hydrogen) atoms. The van der Waals surface area contributed by atoms with Crippen LogP contribution in [0.25, 0.3) is 0 Å². The Kier molecular flexibility index (Phi) is 3.44. The number of carbonyl (C=O) groups excluding carboxylic acids is 1. The topological polar surface area (TPSA) is 26.3 Å². The molecule has 58 valence electrons. The molecule has 0 aliphatic carbocycles. The Labute approximate surface area is 79.6 Å². The van der Waals surface area contributed by atoms with Crippen LogP contribution in [0.4, 0.5) is 0 Å². The summed E-state index contributed by atoms with van der Waals surface area (Å²) in [7, 11) is 0. The second-order valence-corrected chi connectivity index (χ2v) is 2.82. The molecule has 1 aromatic carbocycles. The average Bonchev–Trinajstić information content (AvgIpc) is 2.06. The van der Waals surface area contributed by atoms with Crippen molar-refractivity contribution in [2.75, 3.05) is 0 Å². The summed E-state index contributed by atoms with van der Waals surface area (Å²) >= 11 is 0.542. The molecule has 0 unspecified atom stereocenters. The molecule has 0 saturated heterocycles. The Morgan fingerprint density at radius 1 is 1.36 bits per heavy atom. The fraction of sp³-hybridized carbons (Fsp3) is 0.125. The molecule has 0 N–H and O–H groups in total. The van der Waals surface area contributed by atoms with E-state index in [2.05, 4.69) is 3.02 Å². The van der Waals surface area contributed by atoms with Gasteiger partial charge >= 0.3 is 79.5 Å². The van der Waals surface area contributed by atoms with Gasteiger partial charge in [0.05, 0.1) is 0 Å². The number of rotatable bonds is 2. The molecule has 0 aliphatic rings. The van der Waals surface area contributed by atoms with Crippen LogP contribution < -0.4 is 0 Å². The number of hydrogen-bond donors (Lipinski definition) is 0. The van der Waals surface area contributed by atoms with Gasteiger partial charge in [-0.3, -0.25) is 0 Å². The van der Waals surface area contributed by atoms with Crippen LogP contribution in [0.1, 0.15) is 5.56 Å². The Bertz CT molecular complexity index is 233. The molecule has 0 bridgehead atoms. The standard InChI is InChI=1S/C8H8O2.Sb.2H/c9-8(10)6-7-4-2-1-3-5-7;;;/h1-5H,6H2,(H,9,10);;;/q;+1;;/p-1. The van der Waals surface area contributed by atoms with E-state index in [1.54, 1.807) is 0 Å². The van der Waals surface area contributed by atoms with E-state index in [0.29, 0.717) is 29.9 Å². The van der Waals surface area contributed by atoms with Crippen LogP contribution in [-0.2, 0) is 14.2 Å². The Morgan fingerprint density at radius 2 is 2.00 bits per heavy atom. The third kappa shape index (κ3) is 2.94. The zero-order valence-corrected chi connectivity index (χ0v) is 9.28. The number of carbonyl (C=O) groups is 1. The predicted molar refractivity (Wildman–Crippen MR) is 44.8 cm³/mol. The van der Waals surface area contributed by atoms with Crippen molar-refractivity contribution in [2.24, 2.45) is 0 Å². The first kappa shape index (κ1) is 8.60. The molecule has 1 rings (SSSR count). The summed E-state index contributed by atoms with van der Waals surface area (Å²) in [6, 6.07) is 9.58. The fourth-order valence-electron chi connectivity index (χ4n) is 0.804. The van der Waals surface area contributed by atoms with E-state index in [0.717, 1.165) is 5.56 Å². The zero-order chi connectivity index (χ0) is 8.10. The quantitative estimate of drug-likeness (QED) is 0.715. The van der Waals surface area contributed by atoms with Gasteiger partial charge in [-0.15, -0.1) is 0 Å². The summed E-state index contributed by atoms with van der Waals surface area (Å²) in [6.45, 7) is 0. The van der Waals surface area contributed by atoms with Crippen molar-refractivity contribution in [3.05, 3.63) is 35.9 Å². The zero-order valence-electron chi connectivity index (χ0n) is 5.99. The van der Waals surface area contributed by atoms with Crippen LogP contribution in [0.5, 0.6) is 0 Å². The van der Waals surface area contributed by atoms with E-state index in [-0.39, 0.29) is 5.97 Å². The molecule has 0 amide bonds. The van der Waals surface area contributed by atoms with E-state index in [1.807, 2.05) is 30.3 Å². The van der Waals surface area contributed by atoms with Crippen LogP contribution in [-0.4, -0.2) is 29.4 Å². The van der Waals surface area contributed by atoms with Gasteiger partial charge in [0.1, 0.15) is 0 Å². The molecule has 3 heteroatoms. The maximum absolute atomic E-state index is 10.8. The molecular weight excluding hydrogens is 250 g/mol. The SMILES string of the molecule is O=C(Cc1ccccc1)[O][SbH2]. The fourth-order valence-corrected chi connectivity index (χ4v) is 1.04. The Hall–Kier alpha value is -0.492. The van der Waals surface area contributed by atoms with E-state index < -0.39 is 0 Å². The van der Waals surface area contributed by atoms with Crippen LogP contribution in [0.3, 0.4) is 0 Å². The van der Waals surface area contributed by atoms with Gasteiger partial charge in [0.15, 0.2) is 0 Å². The minimum atomic E-state index is -0.140. The Morgan fingerprint density at radius 3 is 2.55 bits per heavy atom. The van der Waals surface area contributed by atoms with E-state index >= 15 is 0 Å². The Balaban J connectivity index is 2.58. The van der Waals surface area contributed by atoms with Gasteiger partial charge in [-0.2, -0.15) is 0 Å². The van der Waals surface area contributed by atoms with Gasteiger partial charge < -0.3 is 0 Å². The van der Waals surface area contributed by atoms with Crippen LogP contribution in [0.2, 0.25) is 0 Å². The van der Waals surface area contributed by atoms with Crippen molar-refractivity contribution in [3.63, 3.8) is 0 Å². The molecular formula is C8H9O2Sb. The third-order valence-electron chi connectivity index (χ3n) is 1.32. The molecule has 0 spiro atoms. The van der Waals surface area contributed by atoms with Crippen LogP contribution >= 0.6 is 0 Å². The van der Waals surface area contributed by atoms with Gasteiger partial charge in [0.2, 0.25) is 0 Å². The van der Waals surface area contributed by atoms with Gasteiger partial charge in [-0.1, -0.05) is 0 Å². The minimum absolute atomic E-state index is 0.140. The summed E-state index contributed by atoms with van der Waals surface area (Å²) in [5, 5.41) is 0. The second kappa shape index (κ2) is 4.40. The molecule has 1 aromatic rings. The first-order chi connectivity index (χ1) is 5.33. The number of hydrogen-bond acceptors (Lipinski definition) is 2. The van der Waals surface area contributed by atoms with Gasteiger partial charge in [0, 0.05) is 0 Å².